The minimum atomic E-state index is -1.04. The van der Waals surface area contributed by atoms with Crippen LogP contribution in [-0.2, 0) is 19.1 Å². The van der Waals surface area contributed by atoms with E-state index in [1.807, 2.05) is 36.4 Å². The van der Waals surface area contributed by atoms with Crippen molar-refractivity contribution in [3.05, 3.63) is 84.5 Å². The number of benzene rings is 1. The maximum Gasteiger partial charge on any atom is 0.410 e. The van der Waals surface area contributed by atoms with Gasteiger partial charge in [-0.05, 0) is 44.1 Å². The molecule has 7 heteroatoms. The molecule has 0 heterocycles. The molecule has 202 valence electrons. The number of ether oxygens (including phenoxy) is 2. The molecule has 0 bridgehead atoms. The quantitative estimate of drug-likeness (QED) is 0.0969. The molecule has 37 heavy (non-hydrogen) atoms. The molecule has 2 N–H and O–H groups in total. The second-order valence-corrected chi connectivity index (χ2v) is 8.44. The van der Waals surface area contributed by atoms with Crippen molar-refractivity contribution in [2.75, 3.05) is 6.54 Å². The minimum Gasteiger partial charge on any atom is -0.481 e. The van der Waals surface area contributed by atoms with Crippen molar-refractivity contribution < 1.29 is 29.0 Å². The van der Waals surface area contributed by atoms with Gasteiger partial charge in [0.15, 0.2) is 0 Å². The van der Waals surface area contributed by atoms with E-state index in [4.69, 9.17) is 14.6 Å². The number of unbranched alkanes of at least 4 members (excludes halogenated alkanes) is 1. The van der Waals surface area contributed by atoms with Crippen LogP contribution in [0.25, 0.3) is 0 Å². The van der Waals surface area contributed by atoms with Crippen LogP contribution in [0, 0.1) is 0 Å². The van der Waals surface area contributed by atoms with Gasteiger partial charge in [-0.15, -0.1) is 0 Å². The zero-order chi connectivity index (χ0) is 27.1. The van der Waals surface area contributed by atoms with Crippen molar-refractivity contribution in [2.24, 2.45) is 0 Å². The lowest BCUT2D eigenvalue weighted by Crippen LogP contribution is -2.33. The third kappa shape index (κ3) is 17.5. The number of carboxylic acids is 1. The fourth-order valence-electron chi connectivity index (χ4n) is 3.37. The summed E-state index contributed by atoms with van der Waals surface area (Å²) in [6.07, 6.45) is 20.5. The summed E-state index contributed by atoms with van der Waals surface area (Å²) in [5, 5.41) is 11.7. The van der Waals surface area contributed by atoms with Crippen LogP contribution >= 0.6 is 0 Å². The van der Waals surface area contributed by atoms with Crippen LogP contribution in [0.1, 0.15) is 76.7 Å². The number of allylic oxidation sites excluding steroid dienone is 8. The van der Waals surface area contributed by atoms with Crippen molar-refractivity contribution in [3.8, 4) is 0 Å². The zero-order valence-electron chi connectivity index (χ0n) is 22.0. The molecule has 2 atom stereocenters. The summed E-state index contributed by atoms with van der Waals surface area (Å²) >= 11 is 0. The third-order valence-corrected chi connectivity index (χ3v) is 5.23. The maximum absolute atomic E-state index is 12.1. The fraction of sp³-hybridized carbons (Fsp3) is 0.433. The van der Waals surface area contributed by atoms with Crippen molar-refractivity contribution >= 4 is 18.0 Å². The molecule has 1 amide bonds. The Morgan fingerprint density at radius 1 is 0.892 bits per heavy atom. The number of carboxylic acid groups (broad SMARTS) is 1. The van der Waals surface area contributed by atoms with Crippen LogP contribution in [0.4, 0.5) is 4.79 Å². The van der Waals surface area contributed by atoms with Crippen LogP contribution in [0.2, 0.25) is 0 Å². The monoisotopic (exact) mass is 511 g/mol. The highest BCUT2D eigenvalue weighted by Crippen LogP contribution is 2.18. The van der Waals surface area contributed by atoms with Gasteiger partial charge in [0.1, 0.15) is 0 Å². The number of aliphatic carboxylic acids is 1. The number of nitrogens with one attached hydrogen (secondary N) is 1. The lowest BCUT2D eigenvalue weighted by Gasteiger charge is -2.18. The fourth-order valence-corrected chi connectivity index (χ4v) is 3.37. The molecule has 0 saturated heterocycles. The van der Waals surface area contributed by atoms with Gasteiger partial charge in [-0.3, -0.25) is 9.59 Å². The molecular weight excluding hydrogens is 470 g/mol. The molecule has 2 unspecified atom stereocenters. The number of hydrogen-bond acceptors (Lipinski definition) is 5. The molecule has 0 spiro atoms. The molecule has 1 rings (SSSR count). The predicted octanol–water partition coefficient (Wildman–Crippen LogP) is 6.84. The summed E-state index contributed by atoms with van der Waals surface area (Å²) in [5.41, 5.74) is 0.804. The highest BCUT2D eigenvalue weighted by atomic mass is 16.7. The summed E-state index contributed by atoms with van der Waals surface area (Å²) in [6, 6.07) is 9.08. The van der Waals surface area contributed by atoms with E-state index in [-0.39, 0.29) is 19.4 Å². The molecular formula is C30H41NO6. The molecule has 0 aliphatic rings. The number of amides is 1. The Labute approximate surface area is 220 Å². The van der Waals surface area contributed by atoms with Crippen LogP contribution in [0.5, 0.6) is 0 Å². The molecule has 7 nitrogen and oxygen atoms in total. The first-order valence-electron chi connectivity index (χ1n) is 12.9. The predicted molar refractivity (Wildman–Crippen MR) is 146 cm³/mol. The molecule has 0 radical (unpaired) electrons. The van der Waals surface area contributed by atoms with Crippen molar-refractivity contribution in [3.63, 3.8) is 0 Å². The van der Waals surface area contributed by atoms with E-state index in [1.165, 1.54) is 6.92 Å². The molecule has 0 fully saturated rings. The number of carbonyl (C=O) groups excluding carboxylic acids is 2. The van der Waals surface area contributed by atoms with Crippen molar-refractivity contribution in [2.45, 2.75) is 77.4 Å². The first kappa shape index (κ1) is 31.4. The second-order valence-electron chi connectivity index (χ2n) is 8.44. The number of esters is 1. The van der Waals surface area contributed by atoms with E-state index in [0.29, 0.717) is 6.42 Å². The van der Waals surface area contributed by atoms with Crippen molar-refractivity contribution in [1.82, 2.24) is 5.32 Å². The lowest BCUT2D eigenvalue weighted by molar-refractivity contribution is -0.165. The van der Waals surface area contributed by atoms with Gasteiger partial charge in [0.2, 0.25) is 6.29 Å². The highest BCUT2D eigenvalue weighted by molar-refractivity contribution is 5.71. The van der Waals surface area contributed by atoms with Gasteiger partial charge in [0.25, 0.3) is 0 Å². The Morgan fingerprint density at radius 3 is 2.08 bits per heavy atom. The van der Waals surface area contributed by atoms with Gasteiger partial charge >= 0.3 is 18.0 Å². The number of alkyl carbamates (subject to hydrolysis) is 1. The van der Waals surface area contributed by atoms with Gasteiger partial charge in [0, 0.05) is 25.8 Å². The van der Waals surface area contributed by atoms with E-state index in [2.05, 4.69) is 54.8 Å². The lowest BCUT2D eigenvalue weighted by atomic mass is 9.96. The third-order valence-electron chi connectivity index (χ3n) is 5.23. The first-order chi connectivity index (χ1) is 17.9. The normalized spacial score (nSPS) is 13.4. The maximum atomic E-state index is 12.1. The summed E-state index contributed by atoms with van der Waals surface area (Å²) in [7, 11) is 0. The van der Waals surface area contributed by atoms with Gasteiger partial charge in [-0.25, -0.2) is 4.79 Å². The van der Waals surface area contributed by atoms with E-state index >= 15 is 0 Å². The molecule has 1 aromatic rings. The Balaban J connectivity index is 2.19. The minimum absolute atomic E-state index is 0.0880. The Hall–Kier alpha value is -3.61. The standard InChI is InChI=1S/C30H41NO6/c1-3-4-5-6-7-8-9-10-11-12-13-14-15-19-22-29(34)36-25(2)37-30(35)31-24-27(23-28(32)33)26-20-17-16-18-21-26/h4-5,7-8,10-11,13-14,16-18,20-21,25,27H,3,6,9,12,15,19,22-24H2,1-2H3,(H,31,35)(H,32,33)/b5-4-,8-7-,11-10-,14-13-. The van der Waals surface area contributed by atoms with Gasteiger partial charge in [0.05, 0.1) is 6.42 Å². The van der Waals surface area contributed by atoms with Gasteiger partial charge < -0.3 is 19.9 Å². The van der Waals surface area contributed by atoms with E-state index in [9.17, 15) is 14.4 Å². The second kappa shape index (κ2) is 20.6. The molecule has 0 saturated carbocycles. The number of carbonyl (C=O) groups is 3. The Kier molecular flexibility index (Phi) is 17.5. The molecule has 1 aromatic carbocycles. The smallest absolute Gasteiger partial charge is 0.410 e. The van der Waals surface area contributed by atoms with Gasteiger partial charge in [-0.2, -0.15) is 0 Å². The SMILES string of the molecule is CC/C=C\C/C=C\C/C=C\C/C=C\CCCC(=O)OC(C)OC(=O)NCC(CC(=O)O)c1ccccc1. The van der Waals surface area contributed by atoms with E-state index in [0.717, 1.165) is 37.7 Å². The van der Waals surface area contributed by atoms with Gasteiger partial charge in [-0.1, -0.05) is 85.9 Å². The summed E-state index contributed by atoms with van der Waals surface area (Å²) in [4.78, 5) is 35.2. The van der Waals surface area contributed by atoms with Crippen LogP contribution in [-0.4, -0.2) is 36.0 Å². The zero-order valence-corrected chi connectivity index (χ0v) is 22.0. The van der Waals surface area contributed by atoms with Crippen molar-refractivity contribution in [1.29, 1.82) is 0 Å². The van der Waals surface area contributed by atoms with E-state index in [1.54, 1.807) is 0 Å². The Morgan fingerprint density at radius 2 is 1.49 bits per heavy atom. The highest BCUT2D eigenvalue weighted by Gasteiger charge is 2.19. The molecule has 0 aliphatic carbocycles. The first-order valence-corrected chi connectivity index (χ1v) is 12.9. The number of rotatable bonds is 18. The molecule has 0 aliphatic heterocycles. The van der Waals surface area contributed by atoms with Crippen LogP contribution in [0.3, 0.4) is 0 Å². The molecule has 0 aromatic heterocycles. The van der Waals surface area contributed by atoms with Crippen LogP contribution < -0.4 is 5.32 Å². The van der Waals surface area contributed by atoms with E-state index < -0.39 is 30.2 Å². The Bertz CT molecular complexity index is 904. The topological polar surface area (TPSA) is 102 Å². The average Bonchev–Trinajstić information content (AvgIpc) is 2.87. The van der Waals surface area contributed by atoms with Crippen LogP contribution in [0.15, 0.2) is 78.9 Å². The number of hydrogen-bond donors (Lipinski definition) is 2. The summed E-state index contributed by atoms with van der Waals surface area (Å²) in [6.45, 7) is 3.68. The summed E-state index contributed by atoms with van der Waals surface area (Å²) < 4.78 is 10.2. The largest absolute Gasteiger partial charge is 0.481 e. The summed E-state index contributed by atoms with van der Waals surface area (Å²) in [5.74, 6) is -1.80. The average molecular weight is 512 g/mol.